The lowest BCUT2D eigenvalue weighted by molar-refractivity contribution is -0.116. The molecule has 2 aliphatic heterocycles. The molecular formula is C46H51Cl3N8O6. The largest absolute Gasteiger partial charge is 0.397 e. The van der Waals surface area contributed by atoms with Crippen LogP contribution in [0.5, 0.6) is 0 Å². The van der Waals surface area contributed by atoms with E-state index < -0.39 is 0 Å². The first kappa shape index (κ1) is 47.0. The fraction of sp³-hybridized carbons (Fsp3) is 0.348. The number of alkyl halides is 2. The molecule has 0 atom stereocenters. The number of carbonyl (C=O) groups is 2. The van der Waals surface area contributed by atoms with Crippen molar-refractivity contribution in [2.24, 2.45) is 0 Å². The van der Waals surface area contributed by atoms with Crippen molar-refractivity contribution in [3.63, 3.8) is 0 Å². The molecule has 332 valence electrons. The second-order valence-corrected chi connectivity index (χ2v) is 16.1. The summed E-state index contributed by atoms with van der Waals surface area (Å²) in [7, 11) is 0. The zero-order valence-corrected chi connectivity index (χ0v) is 37.1. The number of nitrogen functional groups attached to an aromatic ring is 1. The van der Waals surface area contributed by atoms with Gasteiger partial charge in [-0.15, -0.1) is 23.2 Å². The number of ether oxygens (including phenoxy) is 2. The van der Waals surface area contributed by atoms with E-state index in [-0.39, 0.29) is 22.3 Å². The van der Waals surface area contributed by atoms with E-state index in [2.05, 4.69) is 47.6 Å². The van der Waals surface area contributed by atoms with E-state index in [0.29, 0.717) is 74.3 Å². The number of halogens is 3. The monoisotopic (exact) mass is 916 g/mol. The molecule has 63 heavy (non-hydrogen) atoms. The van der Waals surface area contributed by atoms with Gasteiger partial charge in [-0.2, -0.15) is 10.2 Å². The number of nitrogens with zero attached hydrogens (tertiary/aromatic N) is 4. The van der Waals surface area contributed by atoms with E-state index in [4.69, 9.17) is 50.0 Å². The Balaban J connectivity index is 0.000000185. The highest BCUT2D eigenvalue weighted by molar-refractivity contribution is 6.63. The minimum Gasteiger partial charge on any atom is -0.397 e. The van der Waals surface area contributed by atoms with Crippen LogP contribution in [0, 0.1) is 0 Å². The first-order valence-corrected chi connectivity index (χ1v) is 22.3. The minimum atomic E-state index is -0.305. The van der Waals surface area contributed by atoms with Gasteiger partial charge in [0.15, 0.2) is 0 Å². The molecule has 4 heterocycles. The summed E-state index contributed by atoms with van der Waals surface area (Å²) in [6.07, 6.45) is 3.24. The van der Waals surface area contributed by atoms with Gasteiger partial charge in [0.05, 0.1) is 71.3 Å². The van der Waals surface area contributed by atoms with Gasteiger partial charge in [0.25, 0.3) is 11.1 Å². The number of fused-ring (bicyclic) bond motifs is 2. The lowest BCUT2D eigenvalue weighted by atomic mass is 10.0. The standard InChI is InChI=1S/C23H25ClN4O3.C19H20N4O2.C4H6Cl2O/c24-9-3-6-22(29)25-20-15-16(7-8-21(20)28-10-12-31-13-11-28)14-19-17-4-1-2-5-18(17)23(30)27-26-19;20-16-11-13(5-6-18(16)23-7-9-25-10-8-23)12-17-14-3-1-2-4-15(14)19(24)22-21-17;5-3-1-2-4(6)7/h1-2,4-5,7-8,15H,3,6,9-14H2,(H,25,29)(H,27,30);1-6,11H,7-10,12,20H2,(H,22,24);1-3H2. The van der Waals surface area contributed by atoms with Gasteiger partial charge in [-0.25, -0.2) is 10.2 Å². The van der Waals surface area contributed by atoms with E-state index in [1.165, 1.54) is 0 Å². The number of hydrogen-bond donors (Lipinski definition) is 4. The van der Waals surface area contributed by atoms with Crippen molar-refractivity contribution in [3.8, 4) is 0 Å². The van der Waals surface area contributed by atoms with Crippen LogP contribution in [-0.2, 0) is 31.9 Å². The van der Waals surface area contributed by atoms with Crippen LogP contribution in [0.15, 0.2) is 94.5 Å². The van der Waals surface area contributed by atoms with Crippen LogP contribution in [0.1, 0.15) is 48.2 Å². The molecular weight excluding hydrogens is 867 g/mol. The summed E-state index contributed by atoms with van der Waals surface area (Å²) >= 11 is 15.9. The molecule has 8 rings (SSSR count). The molecule has 6 aromatic rings. The Hall–Kier alpha value is -5.51. The van der Waals surface area contributed by atoms with Crippen molar-refractivity contribution >= 4 is 90.2 Å². The van der Waals surface area contributed by atoms with Gasteiger partial charge in [0, 0.05) is 74.4 Å². The molecule has 0 spiro atoms. The third kappa shape index (κ3) is 13.3. The summed E-state index contributed by atoms with van der Waals surface area (Å²) in [5.74, 6) is 0.910. The van der Waals surface area contributed by atoms with Crippen LogP contribution >= 0.6 is 34.8 Å². The van der Waals surface area contributed by atoms with Gasteiger partial charge in [0.2, 0.25) is 11.1 Å². The Kier molecular flexibility index (Phi) is 17.7. The predicted octanol–water partition coefficient (Wildman–Crippen LogP) is 7.01. The molecule has 0 saturated carbocycles. The van der Waals surface area contributed by atoms with Crippen molar-refractivity contribution < 1.29 is 19.1 Å². The number of aromatic amines is 2. The molecule has 0 aliphatic carbocycles. The summed E-state index contributed by atoms with van der Waals surface area (Å²) in [6, 6.07) is 27.2. The van der Waals surface area contributed by atoms with Gasteiger partial charge in [0.1, 0.15) is 0 Å². The molecule has 4 aromatic carbocycles. The molecule has 2 aromatic heterocycles. The molecule has 2 fully saturated rings. The Morgan fingerprint density at radius 3 is 1.59 bits per heavy atom. The molecule has 2 saturated heterocycles. The molecule has 0 unspecified atom stereocenters. The van der Waals surface area contributed by atoms with Crippen LogP contribution in [0.3, 0.4) is 0 Å². The fourth-order valence-electron chi connectivity index (χ4n) is 7.32. The highest BCUT2D eigenvalue weighted by Crippen LogP contribution is 2.30. The number of hydrogen-bond acceptors (Lipinski definition) is 11. The minimum absolute atomic E-state index is 0.0556. The lowest BCUT2D eigenvalue weighted by Crippen LogP contribution is -2.36. The topological polar surface area (TPSA) is 189 Å². The van der Waals surface area contributed by atoms with Crippen LogP contribution in [-0.4, -0.2) is 95.9 Å². The van der Waals surface area contributed by atoms with Crippen LogP contribution in [0.4, 0.5) is 22.7 Å². The van der Waals surface area contributed by atoms with E-state index in [9.17, 15) is 19.2 Å². The number of nitrogens with two attached hydrogens (primary N) is 1. The average molecular weight is 918 g/mol. The summed E-state index contributed by atoms with van der Waals surface area (Å²) in [5, 5.41) is 19.4. The molecule has 17 heteroatoms. The zero-order chi connectivity index (χ0) is 44.6. The Morgan fingerprint density at radius 2 is 1.11 bits per heavy atom. The molecule has 14 nitrogen and oxygen atoms in total. The van der Waals surface area contributed by atoms with Gasteiger partial charge >= 0.3 is 0 Å². The number of morpholine rings is 2. The highest BCUT2D eigenvalue weighted by Gasteiger charge is 2.18. The molecule has 0 bridgehead atoms. The first-order valence-electron chi connectivity index (χ1n) is 20.8. The van der Waals surface area contributed by atoms with Gasteiger partial charge in [-0.3, -0.25) is 19.2 Å². The third-order valence-corrected chi connectivity index (χ3v) is 11.2. The summed E-state index contributed by atoms with van der Waals surface area (Å²) in [6.45, 7) is 6.05. The number of carbonyl (C=O) groups excluding carboxylic acids is 2. The normalized spacial score (nSPS) is 13.8. The SMILES string of the molecule is Nc1cc(Cc2n[nH]c(=O)c3ccccc23)ccc1N1CCOCC1.O=C(CCCCl)Nc1cc(Cc2n[nH]c(=O)c3ccccc23)ccc1N1CCOCC1.O=C(Cl)CCCCl. The van der Waals surface area contributed by atoms with Crippen LogP contribution in [0.25, 0.3) is 21.5 Å². The van der Waals surface area contributed by atoms with Crippen molar-refractivity contribution in [2.75, 3.05) is 85.2 Å². The number of rotatable bonds is 13. The van der Waals surface area contributed by atoms with Crippen LogP contribution in [0.2, 0.25) is 0 Å². The lowest BCUT2D eigenvalue weighted by Gasteiger charge is -2.31. The molecule has 0 radical (unpaired) electrons. The maximum absolute atomic E-state index is 12.4. The number of amides is 1. The predicted molar refractivity (Wildman–Crippen MR) is 253 cm³/mol. The number of nitrogens with one attached hydrogen (secondary N) is 3. The summed E-state index contributed by atoms with van der Waals surface area (Å²) in [5.41, 5.74) is 13.2. The van der Waals surface area contributed by atoms with E-state index in [1.807, 2.05) is 66.7 Å². The Morgan fingerprint density at radius 1 is 0.651 bits per heavy atom. The molecule has 5 N–H and O–H groups in total. The van der Waals surface area contributed by atoms with E-state index >= 15 is 0 Å². The van der Waals surface area contributed by atoms with Crippen LogP contribution < -0.4 is 32.0 Å². The maximum Gasteiger partial charge on any atom is 0.272 e. The number of H-pyrrole nitrogens is 2. The van der Waals surface area contributed by atoms with Crippen molar-refractivity contribution in [3.05, 3.63) is 128 Å². The average Bonchev–Trinajstić information content (AvgIpc) is 3.31. The van der Waals surface area contributed by atoms with E-state index in [1.54, 1.807) is 6.07 Å². The zero-order valence-electron chi connectivity index (χ0n) is 34.8. The van der Waals surface area contributed by atoms with Crippen molar-refractivity contribution in [1.82, 2.24) is 20.4 Å². The third-order valence-electron chi connectivity index (χ3n) is 10.5. The maximum atomic E-state index is 12.4. The van der Waals surface area contributed by atoms with Gasteiger partial charge in [-0.05, 0) is 72.0 Å². The second kappa shape index (κ2) is 23.8. The van der Waals surface area contributed by atoms with Crippen molar-refractivity contribution in [1.29, 1.82) is 0 Å². The molecule has 1 amide bonds. The highest BCUT2D eigenvalue weighted by atomic mass is 35.5. The first-order chi connectivity index (χ1) is 30.6. The van der Waals surface area contributed by atoms with Gasteiger partial charge < -0.3 is 30.3 Å². The molecule has 2 aliphatic rings. The Bertz CT molecular complexity index is 2590. The summed E-state index contributed by atoms with van der Waals surface area (Å²) < 4.78 is 10.9. The van der Waals surface area contributed by atoms with E-state index in [0.717, 1.165) is 95.4 Å². The Labute approximate surface area is 380 Å². The smallest absolute Gasteiger partial charge is 0.272 e. The number of anilines is 4. The van der Waals surface area contributed by atoms with Gasteiger partial charge in [-0.1, -0.05) is 48.5 Å². The number of aromatic nitrogens is 4. The quantitative estimate of drug-likeness (QED) is 0.0530. The number of benzene rings is 4. The second-order valence-electron chi connectivity index (χ2n) is 14.9. The fourth-order valence-corrected chi connectivity index (χ4v) is 7.73. The van der Waals surface area contributed by atoms with Crippen molar-refractivity contribution in [2.45, 2.75) is 38.5 Å². The summed E-state index contributed by atoms with van der Waals surface area (Å²) in [4.78, 5) is 50.8.